The van der Waals surface area contributed by atoms with Crippen LogP contribution in [-0.2, 0) is 0 Å². The number of aromatic nitrogens is 4. The van der Waals surface area contributed by atoms with Crippen LogP contribution in [0, 0.1) is 0 Å². The monoisotopic (exact) mass is 1160 g/mol. The number of ether oxygens (including phenoxy) is 4. The van der Waals surface area contributed by atoms with Crippen molar-refractivity contribution >= 4 is 46.4 Å². The summed E-state index contributed by atoms with van der Waals surface area (Å²) in [5.74, 6) is 3.43. The Balaban J connectivity index is 1.21. The Morgan fingerprint density at radius 1 is 0.337 bits per heavy atom. The van der Waals surface area contributed by atoms with E-state index in [1.807, 2.05) is 0 Å². The third-order valence-corrected chi connectivity index (χ3v) is 17.0. The summed E-state index contributed by atoms with van der Waals surface area (Å²) in [5.41, 5.74) is 15.2. The molecule has 2 aliphatic rings. The summed E-state index contributed by atoms with van der Waals surface area (Å²) in [6.45, 7) is 29.0. The van der Waals surface area contributed by atoms with Gasteiger partial charge in [-0.15, -0.1) is 0 Å². The average Bonchev–Trinajstić information content (AvgIpc) is 1.95. The molecule has 11 heteroatoms. The number of nitrogens with zero attached hydrogens (tertiary/aromatic N) is 5. The van der Waals surface area contributed by atoms with Crippen LogP contribution in [0.25, 0.3) is 90.9 Å². The number of benzene rings is 4. The Morgan fingerprint density at radius 2 is 0.651 bits per heavy atom. The van der Waals surface area contributed by atoms with Gasteiger partial charge in [0, 0.05) is 64.0 Å². The van der Waals surface area contributed by atoms with Crippen molar-refractivity contribution in [3.63, 3.8) is 0 Å². The minimum Gasteiger partial charge on any atom is -0.494 e. The molecule has 454 valence electrons. The Labute approximate surface area is 513 Å². The van der Waals surface area contributed by atoms with E-state index in [2.05, 4.69) is 226 Å². The van der Waals surface area contributed by atoms with Crippen LogP contribution in [0.15, 0.2) is 121 Å². The lowest BCUT2D eigenvalue weighted by molar-refractivity contribution is 0.176. The topological polar surface area (TPSA) is 104 Å². The highest BCUT2D eigenvalue weighted by molar-refractivity contribution is 6.00. The fourth-order valence-electron chi connectivity index (χ4n) is 11.9. The minimum absolute atomic E-state index is 0.188. The summed E-state index contributed by atoms with van der Waals surface area (Å²) < 4.78 is 25.8. The number of hydrogen-bond acceptors (Lipinski definition) is 9. The van der Waals surface area contributed by atoms with Crippen LogP contribution in [0.1, 0.15) is 142 Å². The first-order valence-corrected chi connectivity index (χ1v) is 32.6. The lowest BCUT2D eigenvalue weighted by Gasteiger charge is -2.19. The summed E-state index contributed by atoms with van der Waals surface area (Å²) in [7, 11) is 0. The maximum Gasteiger partial charge on any atom is 0.119 e. The minimum atomic E-state index is 0.188. The fourth-order valence-corrected chi connectivity index (χ4v) is 11.9. The fraction of sp³-hybridized carbons (Fsp3) is 0.413. The number of rotatable bonds is 34. The second-order valence-corrected chi connectivity index (χ2v) is 22.7. The summed E-state index contributed by atoms with van der Waals surface area (Å²) in [6.07, 6.45) is 19.8. The van der Waals surface area contributed by atoms with E-state index in [1.54, 1.807) is 0 Å². The molecule has 2 N–H and O–H groups in total. The summed E-state index contributed by atoms with van der Waals surface area (Å²) in [4.78, 5) is 26.4. The van der Waals surface area contributed by atoms with E-state index < -0.39 is 0 Å². The van der Waals surface area contributed by atoms with E-state index in [0.717, 1.165) is 210 Å². The third-order valence-electron chi connectivity index (χ3n) is 17.0. The summed E-state index contributed by atoms with van der Waals surface area (Å²) >= 11 is 0. The van der Waals surface area contributed by atoms with E-state index in [1.165, 1.54) is 25.7 Å². The molecule has 0 saturated carbocycles. The van der Waals surface area contributed by atoms with Crippen LogP contribution in [0.4, 0.5) is 0 Å². The van der Waals surface area contributed by atoms with Crippen LogP contribution < -0.4 is 18.9 Å². The van der Waals surface area contributed by atoms with Gasteiger partial charge in [0.2, 0.25) is 0 Å². The lowest BCUT2D eigenvalue weighted by Crippen LogP contribution is -2.25. The maximum absolute atomic E-state index is 6.75. The van der Waals surface area contributed by atoms with Crippen LogP contribution >= 0.6 is 0 Å². The molecule has 0 radical (unpaired) electrons. The Bertz CT molecular complexity index is 3380. The first-order valence-electron chi connectivity index (χ1n) is 32.6. The van der Waals surface area contributed by atoms with Crippen LogP contribution in [-0.4, -0.2) is 119 Å². The van der Waals surface area contributed by atoms with Crippen molar-refractivity contribution in [3.8, 4) is 67.5 Å². The number of aromatic amines is 2. The van der Waals surface area contributed by atoms with Crippen molar-refractivity contribution in [1.29, 1.82) is 0 Å². The lowest BCUT2D eigenvalue weighted by atomic mass is 10.0. The van der Waals surface area contributed by atoms with Gasteiger partial charge in [-0.25, -0.2) is 9.97 Å². The van der Waals surface area contributed by atoms with Crippen molar-refractivity contribution < 1.29 is 18.9 Å². The zero-order chi connectivity index (χ0) is 60.0. The molecule has 9 rings (SSSR count). The zero-order valence-electron chi connectivity index (χ0n) is 52.9. The molecule has 1 atom stereocenters. The Kier molecular flexibility index (Phi) is 23.7. The van der Waals surface area contributed by atoms with Gasteiger partial charge in [0.15, 0.2) is 0 Å². The highest BCUT2D eigenvalue weighted by Crippen LogP contribution is 2.40. The number of unbranched alkanes of at least 4 members (excludes halogenated alkanes) is 3. The predicted octanol–water partition coefficient (Wildman–Crippen LogP) is 18.2. The van der Waals surface area contributed by atoms with E-state index in [0.29, 0.717) is 19.8 Å². The van der Waals surface area contributed by atoms with Gasteiger partial charge in [0.05, 0.1) is 48.7 Å². The molecule has 7 aromatic rings. The molecule has 0 spiro atoms. The van der Waals surface area contributed by atoms with Gasteiger partial charge in [-0.2, -0.15) is 0 Å². The molecular weight excluding hydrogens is 1060 g/mol. The standard InChI is InChI=1S/C75H95N7O4/c1-9-17-18-19-24-62(23-10-2)86-63-39-31-58(32-40-63)75-70-47-45-68(78-70)73(56-27-35-60(36-28-56)84-53-21-50-81(13-5)14-6)66-43-41-64(76-66)72(55-25-33-59(34-26-55)83-52-20-49-80(11-3)12-4)65-42-44-67(77-65)74(69-46-48-71(75)79-69)57-29-37-61(38-30-57)85-54-22-51-82(15-7)16-8/h25-48,62,76,79H,9-24,49-54H2,1-8H3. The second-order valence-electron chi connectivity index (χ2n) is 22.7. The van der Waals surface area contributed by atoms with Crippen molar-refractivity contribution in [2.45, 2.75) is 126 Å². The maximum atomic E-state index is 6.75. The van der Waals surface area contributed by atoms with Crippen LogP contribution in [0.3, 0.4) is 0 Å². The largest absolute Gasteiger partial charge is 0.494 e. The molecule has 0 aliphatic carbocycles. The van der Waals surface area contributed by atoms with Gasteiger partial charge < -0.3 is 43.6 Å². The molecule has 8 bridgehead atoms. The van der Waals surface area contributed by atoms with Crippen molar-refractivity contribution in [2.75, 3.05) is 78.7 Å². The number of hydrogen-bond donors (Lipinski definition) is 2. The van der Waals surface area contributed by atoms with Gasteiger partial charge in [-0.3, -0.25) is 0 Å². The van der Waals surface area contributed by atoms with Crippen LogP contribution in [0.5, 0.6) is 23.0 Å². The first kappa shape index (κ1) is 63.1. The van der Waals surface area contributed by atoms with Crippen LogP contribution in [0.2, 0.25) is 0 Å². The molecule has 86 heavy (non-hydrogen) atoms. The summed E-state index contributed by atoms with van der Waals surface area (Å²) in [5, 5.41) is 0. The van der Waals surface area contributed by atoms with Gasteiger partial charge in [0.25, 0.3) is 0 Å². The molecule has 5 heterocycles. The van der Waals surface area contributed by atoms with Crippen molar-refractivity contribution in [1.82, 2.24) is 34.6 Å². The number of fused-ring (bicyclic) bond motifs is 8. The molecule has 1 unspecified atom stereocenters. The third kappa shape index (κ3) is 16.5. The quantitative estimate of drug-likeness (QED) is 0.0382. The molecule has 0 fully saturated rings. The predicted molar refractivity (Wildman–Crippen MR) is 362 cm³/mol. The molecule has 3 aromatic heterocycles. The van der Waals surface area contributed by atoms with E-state index in [4.69, 9.17) is 28.9 Å². The Morgan fingerprint density at radius 3 is 0.942 bits per heavy atom. The molecular formula is C75H95N7O4. The molecule has 0 amide bonds. The highest BCUT2D eigenvalue weighted by Gasteiger charge is 2.21. The normalized spacial score (nSPS) is 12.5. The van der Waals surface area contributed by atoms with Crippen molar-refractivity contribution in [2.24, 2.45) is 0 Å². The van der Waals surface area contributed by atoms with Gasteiger partial charge in [-0.05, 0) is 197 Å². The molecule has 11 nitrogen and oxygen atoms in total. The second kappa shape index (κ2) is 32.3. The van der Waals surface area contributed by atoms with E-state index in [9.17, 15) is 0 Å². The first-order chi connectivity index (χ1) is 42.3. The van der Waals surface area contributed by atoms with E-state index >= 15 is 0 Å². The molecule has 4 aromatic carbocycles. The number of H-pyrrole nitrogens is 2. The number of nitrogens with one attached hydrogen (secondary N) is 2. The van der Waals surface area contributed by atoms with Gasteiger partial charge >= 0.3 is 0 Å². The SMILES string of the molecule is CCCCCCC(CCC)Oc1ccc(-c2c3nc(c(-c4ccc(OCCCN(CC)CC)cc4)c4ccc([nH]4)c(-c4ccc(OCCCN(CC)CC)cc4)c4nc(c(-c5ccc(OCCCN(CC)CC)cc5)c5ccc2[nH]5)C=C4)C=C3)cc1. The Hall–Kier alpha value is -7.44. The molecule has 0 saturated heterocycles. The van der Waals surface area contributed by atoms with E-state index in [-0.39, 0.29) is 6.10 Å². The average molecular weight is 1160 g/mol. The van der Waals surface area contributed by atoms with Gasteiger partial charge in [-0.1, -0.05) is 130 Å². The smallest absolute Gasteiger partial charge is 0.119 e. The summed E-state index contributed by atoms with van der Waals surface area (Å²) in [6, 6.07) is 42.9. The highest BCUT2D eigenvalue weighted by atomic mass is 16.5. The van der Waals surface area contributed by atoms with Crippen molar-refractivity contribution in [3.05, 3.63) is 144 Å². The molecule has 2 aliphatic heterocycles. The zero-order valence-corrected chi connectivity index (χ0v) is 52.9. The van der Waals surface area contributed by atoms with Gasteiger partial charge in [0.1, 0.15) is 23.0 Å².